The van der Waals surface area contributed by atoms with E-state index in [9.17, 15) is 9.18 Å². The van der Waals surface area contributed by atoms with Gasteiger partial charge in [0.25, 0.3) is 0 Å². The number of carbonyl (C=O) groups excluding carboxylic acids is 1. The number of carbonyl (C=O) groups is 1. The second-order valence-corrected chi connectivity index (χ2v) is 5.18. The average Bonchev–Trinajstić information content (AvgIpc) is 2.40. The Morgan fingerprint density at radius 3 is 2.58 bits per heavy atom. The van der Waals surface area contributed by atoms with Gasteiger partial charge in [-0.05, 0) is 25.1 Å². The maximum atomic E-state index is 13.1. The van der Waals surface area contributed by atoms with Gasteiger partial charge >= 0.3 is 0 Å². The molecule has 1 fully saturated rings. The lowest BCUT2D eigenvalue weighted by Crippen LogP contribution is -2.44. The first-order valence-electron chi connectivity index (χ1n) is 6.84. The van der Waals surface area contributed by atoms with Gasteiger partial charge in [-0.25, -0.2) is 4.39 Å². The van der Waals surface area contributed by atoms with Crippen LogP contribution in [0.3, 0.4) is 0 Å². The third kappa shape index (κ3) is 3.77. The normalized spacial score (nSPS) is 18.4. The number of nitrogens with one attached hydrogen (secondary N) is 1. The van der Waals surface area contributed by atoms with E-state index in [-0.39, 0.29) is 11.8 Å². The van der Waals surface area contributed by atoms with Crippen LogP contribution in [-0.2, 0) is 4.79 Å². The number of hydrogen-bond acceptors (Lipinski definition) is 2. The monoisotopic (exact) mass is 264 g/mol. The minimum Gasteiger partial charge on any atom is -0.346 e. The summed E-state index contributed by atoms with van der Waals surface area (Å²) in [7, 11) is 0. The summed E-state index contributed by atoms with van der Waals surface area (Å²) < 4.78 is 13.1. The van der Waals surface area contributed by atoms with Crippen LogP contribution in [-0.4, -0.2) is 37.1 Å². The molecule has 1 saturated heterocycles. The summed E-state index contributed by atoms with van der Waals surface area (Å²) in [6, 6.07) is 8.73. The van der Waals surface area contributed by atoms with Crippen LogP contribution in [0.4, 0.5) is 4.39 Å². The maximum Gasteiger partial charge on any atom is 0.224 e. The van der Waals surface area contributed by atoms with E-state index < -0.39 is 12.7 Å². The first kappa shape index (κ1) is 14.0. The highest BCUT2D eigenvalue weighted by molar-refractivity contribution is 5.79. The number of likely N-dealkylation sites (tertiary alicyclic amines) is 1. The van der Waals surface area contributed by atoms with Crippen molar-refractivity contribution in [1.29, 1.82) is 0 Å². The highest BCUT2D eigenvalue weighted by Crippen LogP contribution is 2.15. The van der Waals surface area contributed by atoms with Gasteiger partial charge in [0.1, 0.15) is 6.67 Å². The molecule has 2 rings (SSSR count). The third-order valence-corrected chi connectivity index (χ3v) is 3.60. The smallest absolute Gasteiger partial charge is 0.224 e. The van der Waals surface area contributed by atoms with Gasteiger partial charge in [0.15, 0.2) is 0 Å². The van der Waals surface area contributed by atoms with Gasteiger partial charge < -0.3 is 10.2 Å². The molecule has 0 unspecified atom stereocenters. The molecule has 1 N–H and O–H groups in total. The van der Waals surface area contributed by atoms with E-state index in [0.29, 0.717) is 0 Å². The second-order valence-electron chi connectivity index (χ2n) is 5.18. The molecule has 2 atom stereocenters. The molecule has 0 spiro atoms. The molecule has 1 heterocycles. The minimum absolute atomic E-state index is 0.0709. The molecule has 3 nitrogen and oxygen atoms in total. The number of rotatable bonds is 6. The molecule has 1 aromatic carbocycles. The van der Waals surface area contributed by atoms with E-state index in [1.54, 1.807) is 0 Å². The zero-order valence-electron chi connectivity index (χ0n) is 11.3. The molecule has 0 bridgehead atoms. The van der Waals surface area contributed by atoms with E-state index in [2.05, 4.69) is 10.2 Å². The lowest BCUT2D eigenvalue weighted by atomic mass is 10.0. The van der Waals surface area contributed by atoms with Crippen molar-refractivity contribution in [2.24, 2.45) is 5.92 Å². The molecule has 1 aliphatic rings. The van der Waals surface area contributed by atoms with E-state index in [1.807, 2.05) is 37.3 Å². The van der Waals surface area contributed by atoms with Crippen molar-refractivity contribution in [2.45, 2.75) is 19.4 Å². The SMILES string of the molecule is C[C@H](CN1CCC1)C(=O)N[C@@H](CF)c1ccccc1. The fourth-order valence-electron chi connectivity index (χ4n) is 2.24. The molecule has 19 heavy (non-hydrogen) atoms. The summed E-state index contributed by atoms with van der Waals surface area (Å²) in [4.78, 5) is 14.3. The van der Waals surface area contributed by atoms with Crippen molar-refractivity contribution in [3.05, 3.63) is 35.9 Å². The fourth-order valence-corrected chi connectivity index (χ4v) is 2.24. The van der Waals surface area contributed by atoms with Crippen molar-refractivity contribution in [1.82, 2.24) is 10.2 Å². The van der Waals surface area contributed by atoms with Crippen molar-refractivity contribution >= 4 is 5.91 Å². The zero-order chi connectivity index (χ0) is 13.7. The molecule has 4 heteroatoms. The van der Waals surface area contributed by atoms with E-state index in [1.165, 1.54) is 6.42 Å². The quantitative estimate of drug-likeness (QED) is 0.854. The van der Waals surface area contributed by atoms with Crippen molar-refractivity contribution < 1.29 is 9.18 Å². The Balaban J connectivity index is 1.88. The largest absolute Gasteiger partial charge is 0.346 e. The summed E-state index contributed by atoms with van der Waals surface area (Å²) in [5, 5.41) is 2.80. The number of halogens is 1. The van der Waals surface area contributed by atoms with Crippen LogP contribution in [0.1, 0.15) is 24.9 Å². The van der Waals surface area contributed by atoms with Gasteiger partial charge in [0.05, 0.1) is 6.04 Å². The number of amides is 1. The van der Waals surface area contributed by atoms with Crippen LogP contribution in [0.15, 0.2) is 30.3 Å². The Labute approximate surface area is 113 Å². The van der Waals surface area contributed by atoms with Crippen LogP contribution in [0, 0.1) is 5.92 Å². The second kappa shape index (κ2) is 6.66. The van der Waals surface area contributed by atoms with Crippen LogP contribution < -0.4 is 5.32 Å². The summed E-state index contributed by atoms with van der Waals surface area (Å²) in [5.74, 6) is -0.170. The third-order valence-electron chi connectivity index (χ3n) is 3.60. The Morgan fingerprint density at radius 1 is 1.37 bits per heavy atom. The van der Waals surface area contributed by atoms with Crippen molar-refractivity contribution in [2.75, 3.05) is 26.3 Å². The fraction of sp³-hybridized carbons (Fsp3) is 0.533. The average molecular weight is 264 g/mol. The summed E-state index contributed by atoms with van der Waals surface area (Å²) in [6.45, 7) is 4.23. The predicted molar refractivity (Wildman–Crippen MR) is 73.5 cm³/mol. The van der Waals surface area contributed by atoms with E-state index in [0.717, 1.165) is 25.2 Å². The van der Waals surface area contributed by atoms with E-state index in [4.69, 9.17) is 0 Å². The van der Waals surface area contributed by atoms with Gasteiger partial charge in [-0.15, -0.1) is 0 Å². The molecule has 1 aliphatic heterocycles. The van der Waals surface area contributed by atoms with Crippen LogP contribution >= 0.6 is 0 Å². The zero-order valence-corrected chi connectivity index (χ0v) is 11.3. The molecule has 0 aliphatic carbocycles. The van der Waals surface area contributed by atoms with E-state index >= 15 is 0 Å². The molecule has 104 valence electrons. The Hall–Kier alpha value is -1.42. The molecule has 0 saturated carbocycles. The standard InChI is InChI=1S/C15H21FN2O/c1-12(11-18-8-5-9-18)15(19)17-14(10-16)13-6-3-2-4-7-13/h2-4,6-7,12,14H,5,8-11H2,1H3,(H,17,19)/t12-,14+/m1/s1. The summed E-state index contributed by atoms with van der Waals surface area (Å²) >= 11 is 0. The summed E-state index contributed by atoms with van der Waals surface area (Å²) in [6.07, 6.45) is 1.21. The van der Waals surface area contributed by atoms with Crippen molar-refractivity contribution in [3.63, 3.8) is 0 Å². The minimum atomic E-state index is -0.577. The number of benzene rings is 1. The highest BCUT2D eigenvalue weighted by Gasteiger charge is 2.23. The molecule has 1 aromatic rings. The van der Waals surface area contributed by atoms with Gasteiger partial charge in [-0.1, -0.05) is 37.3 Å². The molecule has 0 radical (unpaired) electrons. The van der Waals surface area contributed by atoms with Crippen LogP contribution in [0.2, 0.25) is 0 Å². The lowest BCUT2D eigenvalue weighted by Gasteiger charge is -2.33. The van der Waals surface area contributed by atoms with Gasteiger partial charge in [0, 0.05) is 12.5 Å². The predicted octanol–water partition coefficient (Wildman–Crippen LogP) is 2.16. The molecular formula is C15H21FN2O. The molecular weight excluding hydrogens is 243 g/mol. The molecule has 0 aromatic heterocycles. The number of alkyl halides is 1. The summed E-state index contributed by atoms with van der Waals surface area (Å²) in [5.41, 5.74) is 0.814. The lowest BCUT2D eigenvalue weighted by molar-refractivity contribution is -0.126. The number of hydrogen-bond donors (Lipinski definition) is 1. The topological polar surface area (TPSA) is 32.3 Å². The Morgan fingerprint density at radius 2 is 2.05 bits per heavy atom. The first-order valence-corrected chi connectivity index (χ1v) is 6.84. The van der Waals surface area contributed by atoms with Gasteiger partial charge in [-0.2, -0.15) is 0 Å². The first-order chi connectivity index (χ1) is 9.20. The number of nitrogens with zero attached hydrogens (tertiary/aromatic N) is 1. The van der Waals surface area contributed by atoms with Crippen LogP contribution in [0.25, 0.3) is 0 Å². The molecule has 1 amide bonds. The Bertz CT molecular complexity index is 406. The van der Waals surface area contributed by atoms with Gasteiger partial charge in [0.2, 0.25) is 5.91 Å². The van der Waals surface area contributed by atoms with Gasteiger partial charge in [-0.3, -0.25) is 4.79 Å². The van der Waals surface area contributed by atoms with Crippen LogP contribution in [0.5, 0.6) is 0 Å². The maximum absolute atomic E-state index is 13.1. The Kier molecular flexibility index (Phi) is 4.91. The van der Waals surface area contributed by atoms with Crippen molar-refractivity contribution in [3.8, 4) is 0 Å². The highest BCUT2D eigenvalue weighted by atomic mass is 19.1.